The zero-order chi connectivity index (χ0) is 16.4. The summed E-state index contributed by atoms with van der Waals surface area (Å²) in [6, 6.07) is 17.5. The van der Waals surface area contributed by atoms with Gasteiger partial charge in [0.25, 0.3) is 0 Å². The third-order valence-electron chi connectivity index (χ3n) is 5.45. The number of aryl methyl sites for hydroxylation is 2. The zero-order valence-corrected chi connectivity index (χ0v) is 14.0. The van der Waals surface area contributed by atoms with E-state index in [4.69, 9.17) is 4.74 Å². The third-order valence-corrected chi connectivity index (χ3v) is 5.45. The van der Waals surface area contributed by atoms with Crippen molar-refractivity contribution in [3.8, 4) is 0 Å². The molecule has 0 aromatic heterocycles. The number of ether oxygens (including phenoxy) is 1. The molecule has 0 atom stereocenters. The number of benzene rings is 2. The molecule has 1 saturated heterocycles. The quantitative estimate of drug-likeness (QED) is 0.912. The van der Waals surface area contributed by atoms with E-state index in [1.807, 2.05) is 0 Å². The van der Waals surface area contributed by atoms with Gasteiger partial charge in [-0.05, 0) is 35.1 Å². The van der Waals surface area contributed by atoms with Gasteiger partial charge in [0.05, 0.1) is 11.6 Å². The first-order valence-electron chi connectivity index (χ1n) is 8.94. The fourth-order valence-electron chi connectivity index (χ4n) is 3.96. The molecular weight excluding hydrogens is 298 g/mol. The van der Waals surface area contributed by atoms with Crippen LogP contribution in [0, 0.1) is 0 Å². The van der Waals surface area contributed by atoms with E-state index in [1.54, 1.807) is 0 Å². The molecule has 3 heteroatoms. The van der Waals surface area contributed by atoms with E-state index >= 15 is 0 Å². The van der Waals surface area contributed by atoms with E-state index in [1.165, 1.54) is 22.3 Å². The van der Waals surface area contributed by atoms with Gasteiger partial charge in [-0.1, -0.05) is 48.5 Å². The smallest absolute Gasteiger partial charge is 0.0815 e. The van der Waals surface area contributed by atoms with Crippen LogP contribution in [0.5, 0.6) is 0 Å². The number of hydrogen-bond donors (Lipinski definition) is 2. The van der Waals surface area contributed by atoms with Crippen molar-refractivity contribution in [1.82, 2.24) is 5.32 Å². The topological polar surface area (TPSA) is 41.5 Å². The van der Waals surface area contributed by atoms with Crippen molar-refractivity contribution in [3.63, 3.8) is 0 Å². The van der Waals surface area contributed by atoms with Crippen LogP contribution in [0.4, 0.5) is 0 Å². The molecule has 2 aromatic carbocycles. The minimum Gasteiger partial charge on any atom is -0.388 e. The summed E-state index contributed by atoms with van der Waals surface area (Å²) < 4.78 is 5.40. The summed E-state index contributed by atoms with van der Waals surface area (Å²) >= 11 is 0. The molecule has 1 heterocycles. The van der Waals surface area contributed by atoms with Crippen LogP contribution in [0.3, 0.4) is 0 Å². The lowest BCUT2D eigenvalue weighted by atomic mass is 9.91. The van der Waals surface area contributed by atoms with Gasteiger partial charge in [0.2, 0.25) is 0 Å². The Kier molecular flexibility index (Phi) is 4.40. The Balaban J connectivity index is 1.65. The highest BCUT2D eigenvalue weighted by Gasteiger charge is 2.32. The molecule has 0 bridgehead atoms. The third kappa shape index (κ3) is 3.12. The number of fused-ring (bicyclic) bond motifs is 2. The summed E-state index contributed by atoms with van der Waals surface area (Å²) in [6.45, 7) is 1.90. The summed E-state index contributed by atoms with van der Waals surface area (Å²) in [4.78, 5) is 0. The van der Waals surface area contributed by atoms with Crippen LogP contribution in [0.15, 0.2) is 48.5 Å². The van der Waals surface area contributed by atoms with Gasteiger partial charge in [-0.25, -0.2) is 0 Å². The molecule has 3 nitrogen and oxygen atoms in total. The second-order valence-corrected chi connectivity index (χ2v) is 7.05. The lowest BCUT2D eigenvalue weighted by molar-refractivity contribution is -0.0623. The highest BCUT2D eigenvalue weighted by Crippen LogP contribution is 2.33. The van der Waals surface area contributed by atoms with Crippen molar-refractivity contribution in [2.24, 2.45) is 0 Å². The Labute approximate surface area is 143 Å². The minimum absolute atomic E-state index is 0.145. The van der Waals surface area contributed by atoms with Crippen molar-refractivity contribution in [3.05, 3.63) is 70.8 Å². The molecule has 0 unspecified atom stereocenters. The predicted molar refractivity (Wildman–Crippen MR) is 95.1 cm³/mol. The van der Waals surface area contributed by atoms with Crippen LogP contribution in [-0.4, -0.2) is 30.5 Å². The molecule has 126 valence electrons. The molecule has 0 amide bonds. The van der Waals surface area contributed by atoms with E-state index in [0.717, 1.165) is 12.8 Å². The average molecular weight is 323 g/mol. The van der Waals surface area contributed by atoms with Gasteiger partial charge in [-0.3, -0.25) is 0 Å². The zero-order valence-electron chi connectivity index (χ0n) is 14.0. The monoisotopic (exact) mass is 323 g/mol. The average Bonchev–Trinajstić information content (AvgIpc) is 2.78. The number of nitrogens with one attached hydrogen (secondary N) is 1. The fraction of sp³-hybridized carbons (Fsp3) is 0.429. The van der Waals surface area contributed by atoms with Crippen molar-refractivity contribution < 1.29 is 9.84 Å². The molecule has 1 aliphatic heterocycles. The Bertz CT molecular complexity index is 659. The second-order valence-electron chi connectivity index (χ2n) is 7.05. The van der Waals surface area contributed by atoms with E-state index in [2.05, 4.69) is 53.8 Å². The Hall–Kier alpha value is -1.68. The Morgan fingerprint density at radius 1 is 0.917 bits per heavy atom. The maximum Gasteiger partial charge on any atom is 0.0815 e. The first-order chi connectivity index (χ1) is 11.8. The molecule has 4 rings (SSSR count). The molecule has 0 radical (unpaired) electrons. The van der Waals surface area contributed by atoms with E-state index < -0.39 is 5.60 Å². The number of rotatable bonds is 3. The molecular formula is C21H25NO2. The summed E-state index contributed by atoms with van der Waals surface area (Å²) in [5.41, 5.74) is 4.85. The lowest BCUT2D eigenvalue weighted by Gasteiger charge is -2.34. The molecule has 0 saturated carbocycles. The van der Waals surface area contributed by atoms with Gasteiger partial charge in [0.15, 0.2) is 0 Å². The van der Waals surface area contributed by atoms with Crippen molar-refractivity contribution in [2.75, 3.05) is 19.8 Å². The Morgan fingerprint density at radius 2 is 1.46 bits per heavy atom. The first kappa shape index (κ1) is 15.8. The van der Waals surface area contributed by atoms with Crippen LogP contribution in [0.25, 0.3) is 0 Å². The van der Waals surface area contributed by atoms with Crippen LogP contribution >= 0.6 is 0 Å². The van der Waals surface area contributed by atoms with Crippen LogP contribution in [-0.2, 0) is 17.6 Å². The van der Waals surface area contributed by atoms with Crippen LogP contribution < -0.4 is 5.32 Å². The van der Waals surface area contributed by atoms with Gasteiger partial charge in [0.1, 0.15) is 0 Å². The second kappa shape index (κ2) is 6.67. The Morgan fingerprint density at radius 3 is 2.04 bits per heavy atom. The SMILES string of the molecule is OC1(CNC2c3ccccc3CCc3ccccc32)CCOCC1. The van der Waals surface area contributed by atoms with Gasteiger partial charge in [0, 0.05) is 32.6 Å². The maximum atomic E-state index is 10.8. The van der Waals surface area contributed by atoms with E-state index in [-0.39, 0.29) is 6.04 Å². The fourth-order valence-corrected chi connectivity index (χ4v) is 3.96. The summed E-state index contributed by atoms with van der Waals surface area (Å²) in [5.74, 6) is 0. The van der Waals surface area contributed by atoms with Crippen LogP contribution in [0.1, 0.15) is 41.1 Å². The largest absolute Gasteiger partial charge is 0.388 e. The standard InChI is InChI=1S/C21H25NO2/c23-21(11-13-24-14-12-21)15-22-20-18-7-3-1-5-16(18)9-10-17-6-2-4-8-19(17)20/h1-8,20,22-23H,9-15H2. The number of aliphatic hydroxyl groups is 1. The molecule has 1 aliphatic carbocycles. The van der Waals surface area contributed by atoms with Crippen molar-refractivity contribution in [2.45, 2.75) is 37.3 Å². The van der Waals surface area contributed by atoms with Gasteiger partial charge in [-0.2, -0.15) is 0 Å². The van der Waals surface area contributed by atoms with Crippen LogP contribution in [0.2, 0.25) is 0 Å². The highest BCUT2D eigenvalue weighted by molar-refractivity contribution is 5.44. The molecule has 2 aromatic rings. The predicted octanol–water partition coefficient (Wildman–Crippen LogP) is 3.01. The van der Waals surface area contributed by atoms with E-state index in [9.17, 15) is 5.11 Å². The summed E-state index contributed by atoms with van der Waals surface area (Å²) in [6.07, 6.45) is 3.55. The molecule has 0 spiro atoms. The molecule has 24 heavy (non-hydrogen) atoms. The van der Waals surface area contributed by atoms with Crippen molar-refractivity contribution in [1.29, 1.82) is 0 Å². The van der Waals surface area contributed by atoms with Crippen molar-refractivity contribution >= 4 is 0 Å². The van der Waals surface area contributed by atoms with E-state index in [0.29, 0.717) is 32.6 Å². The number of hydrogen-bond acceptors (Lipinski definition) is 3. The highest BCUT2D eigenvalue weighted by atomic mass is 16.5. The molecule has 1 fully saturated rings. The van der Waals surface area contributed by atoms with Gasteiger partial charge >= 0.3 is 0 Å². The normalized spacial score (nSPS) is 20.0. The lowest BCUT2D eigenvalue weighted by Crippen LogP contribution is -2.46. The maximum absolute atomic E-state index is 10.8. The van der Waals surface area contributed by atoms with Gasteiger partial charge in [-0.15, -0.1) is 0 Å². The summed E-state index contributed by atoms with van der Waals surface area (Å²) in [5, 5.41) is 14.5. The summed E-state index contributed by atoms with van der Waals surface area (Å²) in [7, 11) is 0. The molecule has 2 N–H and O–H groups in total. The van der Waals surface area contributed by atoms with Gasteiger partial charge < -0.3 is 15.2 Å². The minimum atomic E-state index is -0.658. The molecule has 2 aliphatic rings. The first-order valence-corrected chi connectivity index (χ1v) is 8.94.